The van der Waals surface area contributed by atoms with Crippen LogP contribution in [0.15, 0.2) is 77.4 Å². The first-order chi connectivity index (χ1) is 40.1. The minimum absolute atomic E-state index is 0.0394. The van der Waals surface area contributed by atoms with Crippen LogP contribution in [0.25, 0.3) is 0 Å². The van der Waals surface area contributed by atoms with E-state index >= 15 is 0 Å². The lowest BCUT2D eigenvalue weighted by molar-refractivity contribution is -0.129. The Kier molecular flexibility index (Phi) is 20.6. The number of aliphatic hydroxyl groups excluding tert-OH is 1. The van der Waals surface area contributed by atoms with Gasteiger partial charge in [0.25, 0.3) is 0 Å². The van der Waals surface area contributed by atoms with Crippen LogP contribution in [0.3, 0.4) is 0 Å². The molecule has 4 heterocycles. The highest BCUT2D eigenvalue weighted by atomic mass is 32.2. The smallest absolute Gasteiger partial charge is 0.315 e. The second-order valence-corrected chi connectivity index (χ2v) is 28.3. The van der Waals surface area contributed by atoms with Gasteiger partial charge in [-0.3, -0.25) is 28.9 Å². The quantitative estimate of drug-likeness (QED) is 0.0238. The number of urea groups is 1. The SMILES string of the molecule is CC1=C2C[C@H]3[C@@H](CC=C4C[C@@H](O)CC[C@@]43C)[C@@H]2CC[C@]12O[C@@H]1C[C@H](C)CN(CCCC(=O)CCCCCNC(=O)[C@@H](CC(=O)CCCCCNC(=O)CCCCC3SC[C@@H]4NC(=O)N[C@H]34)Cc3ccc(C(=O)c4ccccc4)cc3)[C@H]1[C@H]2C. The van der Waals surface area contributed by atoms with Crippen LogP contribution >= 0.6 is 11.8 Å². The number of rotatable bonds is 28. The van der Waals surface area contributed by atoms with E-state index in [4.69, 9.17) is 4.74 Å². The van der Waals surface area contributed by atoms with E-state index in [1.807, 2.05) is 42.1 Å². The molecule has 1 unspecified atom stereocenters. The lowest BCUT2D eigenvalue weighted by Gasteiger charge is -2.49. The maximum absolute atomic E-state index is 13.8. The van der Waals surface area contributed by atoms with Crippen molar-refractivity contribution in [3.05, 3.63) is 94.1 Å². The summed E-state index contributed by atoms with van der Waals surface area (Å²) in [7, 11) is 0. The van der Waals surface area contributed by atoms with Gasteiger partial charge in [0.05, 0.1) is 29.9 Å². The number of hydrogen-bond donors (Lipinski definition) is 5. The van der Waals surface area contributed by atoms with Gasteiger partial charge in [-0.2, -0.15) is 11.8 Å². The van der Waals surface area contributed by atoms with Crippen LogP contribution in [0, 0.1) is 40.9 Å². The number of aliphatic hydroxyl groups is 1. The third-order valence-electron chi connectivity index (χ3n) is 21.5. The summed E-state index contributed by atoms with van der Waals surface area (Å²) in [5, 5.41) is 23.1. The molecule has 4 amide bonds. The average molecular weight is 1160 g/mol. The number of benzene rings is 2. The lowest BCUT2D eigenvalue weighted by atomic mass is 9.56. The third kappa shape index (κ3) is 14.3. The summed E-state index contributed by atoms with van der Waals surface area (Å²) < 4.78 is 7.41. The summed E-state index contributed by atoms with van der Waals surface area (Å²) in [5.74, 6) is 3.52. The van der Waals surface area contributed by atoms with E-state index in [2.05, 4.69) is 59.9 Å². The number of unbranched alkanes of at least 4 members (excludes halogenated alkanes) is 5. The number of hydrogen-bond acceptors (Lipinski definition) is 10. The Bertz CT molecular complexity index is 2700. The molecular formula is C69H97N5O8S. The Labute approximate surface area is 499 Å². The number of likely N-dealkylation sites (tertiary alicyclic amines) is 1. The number of carbonyl (C=O) groups is 6. The van der Waals surface area contributed by atoms with Gasteiger partial charge in [-0.1, -0.05) is 112 Å². The first kappa shape index (κ1) is 61.5. The Morgan fingerprint density at radius 3 is 2.33 bits per heavy atom. The first-order valence-electron chi connectivity index (χ1n) is 32.5. The summed E-state index contributed by atoms with van der Waals surface area (Å²) in [6.07, 6.45) is 21.9. The van der Waals surface area contributed by atoms with Gasteiger partial charge in [-0.05, 0) is 156 Å². The molecule has 14 atom stereocenters. The summed E-state index contributed by atoms with van der Waals surface area (Å²) >= 11 is 1.89. The number of nitrogens with one attached hydrogen (secondary N) is 4. The molecule has 0 bridgehead atoms. The summed E-state index contributed by atoms with van der Waals surface area (Å²) in [5.41, 5.74) is 6.84. The second-order valence-electron chi connectivity index (χ2n) is 27.0. The molecule has 2 aromatic rings. The Morgan fingerprint density at radius 2 is 1.54 bits per heavy atom. The van der Waals surface area contributed by atoms with Crippen molar-refractivity contribution >= 4 is 47.0 Å². The number of allylic oxidation sites excluding steroid dienone is 2. The number of thioether (sulfide) groups is 1. The predicted molar refractivity (Wildman–Crippen MR) is 328 cm³/mol. The van der Waals surface area contributed by atoms with Crippen molar-refractivity contribution in [1.82, 2.24) is 26.2 Å². The zero-order valence-corrected chi connectivity index (χ0v) is 51.2. The van der Waals surface area contributed by atoms with E-state index in [1.54, 1.807) is 35.4 Å². The van der Waals surface area contributed by atoms with Crippen molar-refractivity contribution < 1.29 is 38.6 Å². The van der Waals surface area contributed by atoms with E-state index < -0.39 is 5.92 Å². The van der Waals surface area contributed by atoms with Crippen LogP contribution < -0.4 is 21.3 Å². The zero-order chi connectivity index (χ0) is 58.3. The van der Waals surface area contributed by atoms with Crippen molar-refractivity contribution in [2.75, 3.05) is 31.9 Å². The van der Waals surface area contributed by atoms with Crippen molar-refractivity contribution in [2.24, 2.45) is 40.9 Å². The summed E-state index contributed by atoms with van der Waals surface area (Å²) in [6, 6.07) is 17.2. The van der Waals surface area contributed by atoms with Crippen molar-refractivity contribution in [3.8, 4) is 0 Å². The molecule has 1 spiro atoms. The van der Waals surface area contributed by atoms with Crippen LogP contribution in [-0.2, 0) is 30.3 Å². The van der Waals surface area contributed by atoms with E-state index in [1.165, 1.54) is 18.4 Å². The third-order valence-corrected chi connectivity index (χ3v) is 23.1. The molecule has 4 saturated heterocycles. The van der Waals surface area contributed by atoms with Crippen LogP contribution in [-0.4, -0.2) is 118 Å². The van der Waals surface area contributed by atoms with Crippen LogP contribution in [0.5, 0.6) is 0 Å². The van der Waals surface area contributed by atoms with Gasteiger partial charge < -0.3 is 31.1 Å². The summed E-state index contributed by atoms with van der Waals surface area (Å²) in [4.78, 5) is 80.7. The zero-order valence-electron chi connectivity index (χ0n) is 50.4. The molecule has 2 aromatic carbocycles. The molecular weight excluding hydrogens is 1060 g/mol. The largest absolute Gasteiger partial charge is 0.393 e. The van der Waals surface area contributed by atoms with Crippen molar-refractivity contribution in [2.45, 2.75) is 223 Å². The Balaban J connectivity index is 0.635. The molecule has 83 heavy (non-hydrogen) atoms. The number of carbonyl (C=O) groups excluding carboxylic acids is 6. The number of ketones is 3. The number of fused-ring (bicyclic) bond motifs is 7. The number of amides is 4. The molecule has 13 nitrogen and oxygen atoms in total. The Hall–Kier alpha value is -4.63. The van der Waals surface area contributed by atoms with Gasteiger partial charge in [-0.25, -0.2) is 4.79 Å². The maximum atomic E-state index is 13.8. The number of Topliss-reactive ketones (excluding diaryl/α,β-unsaturated/α-hetero) is 2. The van der Waals surface area contributed by atoms with Gasteiger partial charge in [0.15, 0.2) is 5.78 Å². The van der Waals surface area contributed by atoms with E-state index in [0.29, 0.717) is 109 Å². The normalized spacial score (nSPS) is 31.9. The fraction of sp³-hybridized carbons (Fsp3) is 0.681. The predicted octanol–water partition coefficient (Wildman–Crippen LogP) is 11.2. The van der Waals surface area contributed by atoms with Gasteiger partial charge in [0, 0.05) is 91.7 Å². The molecule has 10 rings (SSSR count). The minimum Gasteiger partial charge on any atom is -0.393 e. The van der Waals surface area contributed by atoms with Crippen LogP contribution in [0.1, 0.15) is 197 Å². The minimum atomic E-state index is -0.556. The fourth-order valence-corrected chi connectivity index (χ4v) is 18.5. The molecule has 0 radical (unpaired) electrons. The van der Waals surface area contributed by atoms with Gasteiger partial charge in [0.2, 0.25) is 11.8 Å². The number of ether oxygens (including phenoxy) is 1. The number of piperidine rings is 1. The molecule has 5 N–H and O–H groups in total. The molecule has 4 aliphatic heterocycles. The molecule has 452 valence electrons. The molecule has 2 saturated carbocycles. The molecule has 14 heteroatoms. The van der Waals surface area contributed by atoms with Crippen molar-refractivity contribution in [3.63, 3.8) is 0 Å². The standard InChI is InChI=1S/C69H97N5O8S/c1-44-37-60-64(46(3)69(82-60)33-31-55-56-29-28-51-40-54(77)30-32-68(51,4)58(56)41-57(55)45(69)2)74(42-44)36-16-21-52(75)19-10-6-15-35-71-66(80)50(38-47-24-26-49(27-25-47)65(79)48-17-8-5-9-18-48)39-53(76)20-11-7-14-34-70-62(78)23-13-12-22-61-63-59(43-83-61)72-67(81)73-63/h5,8-9,17-18,24-28,44,46,50,54-56,58-61,63-64,77H,6-7,10-16,19-23,29-43H2,1-4H3,(H,70,78)(H,71,80)(H2,72,73,81)/t44-,46+,50+,54-,55-,56-,58-,59-,60+,61?,63-,64-,68-,69-/m0/s1. The maximum Gasteiger partial charge on any atom is 0.315 e. The highest BCUT2D eigenvalue weighted by Crippen LogP contribution is 2.65. The van der Waals surface area contributed by atoms with Crippen molar-refractivity contribution in [1.29, 1.82) is 0 Å². The highest BCUT2D eigenvalue weighted by molar-refractivity contribution is 8.00. The monoisotopic (exact) mass is 1160 g/mol. The molecule has 4 aliphatic carbocycles. The van der Waals surface area contributed by atoms with Gasteiger partial charge >= 0.3 is 6.03 Å². The van der Waals surface area contributed by atoms with E-state index in [0.717, 1.165) is 121 Å². The lowest BCUT2D eigenvalue weighted by Crippen LogP contribution is -2.52. The molecule has 6 fully saturated rings. The average Bonchev–Trinajstić information content (AvgIpc) is 1.84. The van der Waals surface area contributed by atoms with Gasteiger partial charge in [-0.15, -0.1) is 0 Å². The number of nitrogens with zero attached hydrogens (tertiary/aromatic N) is 1. The first-order valence-corrected chi connectivity index (χ1v) is 33.6. The van der Waals surface area contributed by atoms with Crippen LogP contribution in [0.2, 0.25) is 0 Å². The fourth-order valence-electron chi connectivity index (χ4n) is 17.0. The van der Waals surface area contributed by atoms with E-state index in [9.17, 15) is 33.9 Å². The van der Waals surface area contributed by atoms with E-state index in [-0.39, 0.29) is 71.1 Å². The van der Waals surface area contributed by atoms with Gasteiger partial charge in [0.1, 0.15) is 11.6 Å². The Morgan fingerprint density at radius 1 is 0.819 bits per heavy atom. The molecule has 0 aromatic heterocycles. The van der Waals surface area contributed by atoms with Crippen LogP contribution in [0.4, 0.5) is 4.79 Å². The summed E-state index contributed by atoms with van der Waals surface area (Å²) in [6.45, 7) is 12.8. The second kappa shape index (κ2) is 27.8. The molecule has 8 aliphatic rings. The topological polar surface area (TPSA) is 183 Å². The highest BCUT2D eigenvalue weighted by Gasteiger charge is 2.61.